The van der Waals surface area contributed by atoms with Crippen LogP contribution in [0.4, 0.5) is 34.1 Å². The molecule has 0 amide bonds. The number of anilines is 6. The lowest BCUT2D eigenvalue weighted by Crippen LogP contribution is -2.13. The van der Waals surface area contributed by atoms with Gasteiger partial charge in [0, 0.05) is 61.4 Å². The highest BCUT2D eigenvalue weighted by atomic mass is 16.3. The Bertz CT molecular complexity index is 4720. The average Bonchev–Trinajstić information content (AvgIpc) is 4.27. The van der Waals surface area contributed by atoms with Crippen LogP contribution in [0.25, 0.3) is 105 Å². The van der Waals surface area contributed by atoms with Gasteiger partial charge in [0.2, 0.25) is 0 Å². The molecule has 2 aromatic heterocycles. The van der Waals surface area contributed by atoms with Crippen molar-refractivity contribution in [2.45, 2.75) is 0 Å². The maximum Gasteiger partial charge on any atom is 0.135 e. The van der Waals surface area contributed by atoms with Crippen LogP contribution in [-0.2, 0) is 0 Å². The first kappa shape index (κ1) is 46.6. The minimum Gasteiger partial charge on any atom is -0.456 e. The molecule has 0 spiro atoms. The molecule has 15 rings (SSSR count). The topological polar surface area (TPSA) is 24.6 Å². The zero-order valence-corrected chi connectivity index (χ0v) is 43.7. The summed E-state index contributed by atoms with van der Waals surface area (Å²) in [7, 11) is 0. The van der Waals surface area contributed by atoms with E-state index >= 15 is 0 Å². The Morgan fingerprint density at radius 3 is 1.40 bits per heavy atom. The first-order valence-electron chi connectivity index (χ1n) is 27.3. The zero-order valence-electron chi connectivity index (χ0n) is 43.7. The predicted octanol–water partition coefficient (Wildman–Crippen LogP) is 21.4. The summed E-state index contributed by atoms with van der Waals surface area (Å²) in [6, 6.07) is 112. The van der Waals surface area contributed by atoms with E-state index in [2.05, 4.69) is 324 Å². The first-order chi connectivity index (χ1) is 39.6. The van der Waals surface area contributed by atoms with Crippen LogP contribution in [0.3, 0.4) is 0 Å². The largest absolute Gasteiger partial charge is 0.456 e. The molecule has 0 saturated heterocycles. The van der Waals surface area contributed by atoms with Crippen LogP contribution in [-0.4, -0.2) is 4.57 Å². The smallest absolute Gasteiger partial charge is 0.135 e. The molecular weight excluding hydrogens is 971 g/mol. The lowest BCUT2D eigenvalue weighted by Gasteiger charge is -2.30. The first-order valence-corrected chi connectivity index (χ1v) is 27.3. The van der Waals surface area contributed by atoms with Crippen molar-refractivity contribution in [1.29, 1.82) is 0 Å². The van der Waals surface area contributed by atoms with Crippen molar-refractivity contribution in [2.75, 3.05) is 9.80 Å². The fourth-order valence-electron chi connectivity index (χ4n) is 11.9. The van der Waals surface area contributed by atoms with E-state index in [1.807, 2.05) is 0 Å². The third-order valence-corrected chi connectivity index (χ3v) is 15.7. The second kappa shape index (κ2) is 19.7. The van der Waals surface area contributed by atoms with Gasteiger partial charge >= 0.3 is 0 Å². The van der Waals surface area contributed by atoms with Gasteiger partial charge in [-0.15, -0.1) is 0 Å². The molecule has 0 atom stereocenters. The highest BCUT2D eigenvalue weighted by Gasteiger charge is 2.22. The number of hydrogen-bond donors (Lipinski definition) is 0. The number of rotatable bonds is 11. The van der Waals surface area contributed by atoms with Crippen LogP contribution in [0.1, 0.15) is 0 Å². The van der Waals surface area contributed by atoms with Crippen molar-refractivity contribution in [1.82, 2.24) is 4.57 Å². The van der Waals surface area contributed by atoms with E-state index < -0.39 is 0 Å². The van der Waals surface area contributed by atoms with Gasteiger partial charge in [-0.3, -0.25) is 0 Å². The van der Waals surface area contributed by atoms with Gasteiger partial charge in [0.25, 0.3) is 0 Å². The second-order valence-corrected chi connectivity index (χ2v) is 20.6. The van der Waals surface area contributed by atoms with Crippen LogP contribution in [0, 0.1) is 0 Å². The van der Waals surface area contributed by atoms with Crippen LogP contribution < -0.4 is 9.80 Å². The van der Waals surface area contributed by atoms with Crippen LogP contribution in [0.2, 0.25) is 0 Å². The number of hydrogen-bond acceptors (Lipinski definition) is 3. The van der Waals surface area contributed by atoms with Crippen LogP contribution in [0.5, 0.6) is 0 Å². The third kappa shape index (κ3) is 8.44. The minimum atomic E-state index is 0.835. The minimum absolute atomic E-state index is 0.835. The van der Waals surface area contributed by atoms with Gasteiger partial charge in [-0.05, 0) is 171 Å². The number of aromatic nitrogens is 1. The molecule has 13 aromatic carbocycles. The third-order valence-electron chi connectivity index (χ3n) is 15.7. The van der Waals surface area contributed by atoms with Gasteiger partial charge in [0.15, 0.2) is 0 Å². The number of furan rings is 1. The lowest BCUT2D eigenvalue weighted by atomic mass is 9.97. The summed E-state index contributed by atoms with van der Waals surface area (Å²) in [5.41, 5.74) is 20.5. The highest BCUT2D eigenvalue weighted by molar-refractivity contribution is 6.11. The van der Waals surface area contributed by atoms with Gasteiger partial charge < -0.3 is 18.8 Å². The molecule has 0 N–H and O–H groups in total. The summed E-state index contributed by atoms with van der Waals surface area (Å²) in [5.74, 6) is 0. The van der Waals surface area contributed by atoms with Crippen molar-refractivity contribution in [3.05, 3.63) is 309 Å². The SMILES string of the molecule is c1ccc(-c2cccc(N(c3cccc(N(c4cc(-c5ccccc5)cc(-c5ccccc5)c4)c4ccc5ccccc5c4)c3)c3ccc4oc5ccc(-c6ccc7c8ccccc8n(-c8ccccc8)c7c6)cc5c4c3)c2)cc1. The molecule has 0 radical (unpaired) electrons. The Labute approximate surface area is 464 Å². The van der Waals surface area contributed by atoms with Gasteiger partial charge in [-0.25, -0.2) is 0 Å². The number of fused-ring (bicyclic) bond motifs is 7. The Morgan fingerprint density at radius 1 is 0.225 bits per heavy atom. The number of para-hydroxylation sites is 2. The van der Waals surface area contributed by atoms with Crippen molar-refractivity contribution in [3.63, 3.8) is 0 Å². The summed E-state index contributed by atoms with van der Waals surface area (Å²) in [6.07, 6.45) is 0. The number of nitrogens with zero attached hydrogens (tertiary/aromatic N) is 3. The molecule has 0 bridgehead atoms. The summed E-state index contributed by atoms with van der Waals surface area (Å²) in [4.78, 5) is 4.81. The Balaban J connectivity index is 0.905. The Hall–Kier alpha value is -10.7. The molecule has 2 heterocycles. The van der Waals surface area contributed by atoms with Gasteiger partial charge in [0.1, 0.15) is 11.2 Å². The van der Waals surface area contributed by atoms with Crippen molar-refractivity contribution in [2.24, 2.45) is 0 Å². The molecule has 0 unspecified atom stereocenters. The fourth-order valence-corrected chi connectivity index (χ4v) is 11.9. The molecule has 15 aromatic rings. The Kier molecular flexibility index (Phi) is 11.5. The summed E-state index contributed by atoms with van der Waals surface area (Å²) < 4.78 is 9.07. The maximum atomic E-state index is 6.69. The molecule has 0 fully saturated rings. The molecule has 0 aliphatic heterocycles. The van der Waals surface area contributed by atoms with E-state index in [-0.39, 0.29) is 0 Å². The van der Waals surface area contributed by atoms with Crippen molar-refractivity contribution in [3.8, 4) is 50.2 Å². The second-order valence-electron chi connectivity index (χ2n) is 20.6. The van der Waals surface area contributed by atoms with E-state index in [0.29, 0.717) is 0 Å². The number of benzene rings is 13. The molecule has 0 aliphatic rings. The fraction of sp³-hybridized carbons (Fsp3) is 0. The predicted molar refractivity (Wildman–Crippen MR) is 337 cm³/mol. The highest BCUT2D eigenvalue weighted by Crippen LogP contribution is 2.46. The molecular formula is C76H51N3O. The molecule has 4 nitrogen and oxygen atoms in total. The molecule has 376 valence electrons. The molecule has 0 aliphatic carbocycles. The summed E-state index contributed by atoms with van der Waals surface area (Å²) >= 11 is 0. The van der Waals surface area contributed by atoms with E-state index in [4.69, 9.17) is 4.42 Å². The quantitative estimate of drug-likeness (QED) is 0.129. The maximum absolute atomic E-state index is 6.69. The van der Waals surface area contributed by atoms with E-state index in [1.165, 1.54) is 32.6 Å². The lowest BCUT2D eigenvalue weighted by molar-refractivity contribution is 0.669. The summed E-state index contributed by atoms with van der Waals surface area (Å²) in [6.45, 7) is 0. The monoisotopic (exact) mass is 1020 g/mol. The average molecular weight is 1020 g/mol. The van der Waals surface area contributed by atoms with Gasteiger partial charge in [-0.1, -0.05) is 194 Å². The van der Waals surface area contributed by atoms with E-state index in [0.717, 1.165) is 106 Å². The molecule has 4 heteroatoms. The normalized spacial score (nSPS) is 11.5. The molecule has 80 heavy (non-hydrogen) atoms. The van der Waals surface area contributed by atoms with Gasteiger partial charge in [0.05, 0.1) is 11.0 Å². The molecule has 0 saturated carbocycles. The summed E-state index contributed by atoms with van der Waals surface area (Å²) in [5, 5.41) is 6.94. The van der Waals surface area contributed by atoms with Crippen molar-refractivity contribution >= 4 is 88.6 Å². The van der Waals surface area contributed by atoms with Crippen LogP contribution >= 0.6 is 0 Å². The van der Waals surface area contributed by atoms with Gasteiger partial charge in [-0.2, -0.15) is 0 Å². The van der Waals surface area contributed by atoms with E-state index in [9.17, 15) is 0 Å². The van der Waals surface area contributed by atoms with Crippen LogP contribution in [0.15, 0.2) is 314 Å². The van der Waals surface area contributed by atoms with E-state index in [1.54, 1.807) is 0 Å². The zero-order chi connectivity index (χ0) is 52.9. The van der Waals surface area contributed by atoms with Crippen molar-refractivity contribution < 1.29 is 4.42 Å². The standard InChI is InChI=1S/C76H51N3O/c1-5-19-52(20-6-1)57-27-17-30-63(44-57)77(67-39-42-76-72(51-67)71-48-58(37-41-75(71)80-76)59-36-40-70-69-33-15-16-34-73(69)79(74(70)49-59)62-28-11-4-12-29-62)64-31-18-32-65(50-64)78(66-38-35-55-25-13-14-26-56(55)45-66)68-46-60(53-21-7-2-8-22-53)43-61(47-68)54-23-9-3-10-24-54/h1-51H. The Morgan fingerprint density at radius 2 is 0.688 bits per heavy atom.